The third-order valence-corrected chi connectivity index (χ3v) is 4.52. The van der Waals surface area contributed by atoms with Crippen LogP contribution in [0.1, 0.15) is 32.8 Å². The number of rotatable bonds is 3. The van der Waals surface area contributed by atoms with Crippen LogP contribution in [0.3, 0.4) is 0 Å². The average Bonchev–Trinajstić information content (AvgIpc) is 2.40. The Labute approximate surface area is 125 Å². The van der Waals surface area contributed by atoms with Crippen LogP contribution < -0.4 is 5.32 Å². The van der Waals surface area contributed by atoms with Gasteiger partial charge in [-0.1, -0.05) is 44.7 Å². The Balaban J connectivity index is 1.86. The van der Waals surface area contributed by atoms with E-state index in [1.165, 1.54) is 18.6 Å². The van der Waals surface area contributed by atoms with Gasteiger partial charge in [0.15, 0.2) is 5.17 Å². The van der Waals surface area contributed by atoms with E-state index in [9.17, 15) is 4.39 Å². The standard InChI is InChI=1S/C16H23FN2S/c1-16(2,3)14-9-11-20-15(19-14)18-10-8-12-4-6-13(17)7-5-12/h4-7,14H,8-11H2,1-3H3,(H,18,19). The quantitative estimate of drug-likeness (QED) is 0.915. The highest BCUT2D eigenvalue weighted by atomic mass is 32.2. The molecule has 1 aromatic carbocycles. The van der Waals surface area contributed by atoms with E-state index >= 15 is 0 Å². The fraction of sp³-hybridized carbons (Fsp3) is 0.562. The summed E-state index contributed by atoms with van der Waals surface area (Å²) >= 11 is 1.80. The Morgan fingerprint density at radius 3 is 2.65 bits per heavy atom. The maximum atomic E-state index is 12.8. The Morgan fingerprint density at radius 1 is 1.30 bits per heavy atom. The van der Waals surface area contributed by atoms with Crippen LogP contribution >= 0.6 is 11.8 Å². The van der Waals surface area contributed by atoms with Gasteiger partial charge in [-0.2, -0.15) is 0 Å². The van der Waals surface area contributed by atoms with Gasteiger partial charge in [-0.05, 0) is 36.0 Å². The maximum Gasteiger partial charge on any atom is 0.156 e. The molecule has 1 saturated heterocycles. The zero-order chi connectivity index (χ0) is 14.6. The number of hydrogen-bond donors (Lipinski definition) is 1. The zero-order valence-corrected chi connectivity index (χ0v) is 13.3. The molecule has 1 unspecified atom stereocenters. The lowest BCUT2D eigenvalue weighted by atomic mass is 9.85. The Bertz CT molecular complexity index is 462. The number of thioether (sulfide) groups is 1. The van der Waals surface area contributed by atoms with Crippen molar-refractivity contribution in [2.24, 2.45) is 10.4 Å². The highest BCUT2D eigenvalue weighted by Crippen LogP contribution is 2.27. The molecule has 1 aliphatic rings. The van der Waals surface area contributed by atoms with E-state index in [1.807, 2.05) is 12.1 Å². The lowest BCUT2D eigenvalue weighted by Gasteiger charge is -2.35. The van der Waals surface area contributed by atoms with Gasteiger partial charge in [-0.25, -0.2) is 4.39 Å². The van der Waals surface area contributed by atoms with Gasteiger partial charge in [0, 0.05) is 18.3 Å². The van der Waals surface area contributed by atoms with Gasteiger partial charge in [0.05, 0.1) is 0 Å². The summed E-state index contributed by atoms with van der Waals surface area (Å²) in [6.45, 7) is 7.53. The van der Waals surface area contributed by atoms with E-state index in [2.05, 4.69) is 31.1 Å². The third-order valence-electron chi connectivity index (χ3n) is 3.56. The van der Waals surface area contributed by atoms with Crippen molar-refractivity contribution in [3.05, 3.63) is 35.6 Å². The van der Waals surface area contributed by atoms with Gasteiger partial charge in [-0.3, -0.25) is 4.99 Å². The number of aliphatic imine (C=N–C) groups is 1. The molecule has 4 heteroatoms. The topological polar surface area (TPSA) is 24.4 Å². The molecule has 110 valence electrons. The lowest BCUT2D eigenvalue weighted by molar-refractivity contribution is 0.290. The van der Waals surface area contributed by atoms with Crippen LogP contribution in [0.4, 0.5) is 4.39 Å². The van der Waals surface area contributed by atoms with Gasteiger partial charge in [0.25, 0.3) is 0 Å². The van der Waals surface area contributed by atoms with Gasteiger partial charge in [-0.15, -0.1) is 0 Å². The largest absolute Gasteiger partial charge is 0.362 e. The minimum absolute atomic E-state index is 0.183. The van der Waals surface area contributed by atoms with Crippen molar-refractivity contribution in [1.82, 2.24) is 5.32 Å². The molecular weight excluding hydrogens is 271 g/mol. The Hall–Kier alpha value is -1.03. The number of nitrogens with zero attached hydrogens (tertiary/aromatic N) is 1. The van der Waals surface area contributed by atoms with Crippen LogP contribution in [0.5, 0.6) is 0 Å². The van der Waals surface area contributed by atoms with Gasteiger partial charge >= 0.3 is 0 Å². The summed E-state index contributed by atoms with van der Waals surface area (Å²) in [5.74, 6) is 0.946. The maximum absolute atomic E-state index is 12.8. The van der Waals surface area contributed by atoms with Crippen molar-refractivity contribution >= 4 is 16.9 Å². The first-order valence-corrected chi connectivity index (χ1v) is 8.12. The summed E-state index contributed by atoms with van der Waals surface area (Å²) in [5.41, 5.74) is 1.39. The monoisotopic (exact) mass is 294 g/mol. The fourth-order valence-corrected chi connectivity index (χ4v) is 3.17. The molecule has 1 N–H and O–H groups in total. The summed E-state index contributed by atoms with van der Waals surface area (Å²) in [6.07, 6.45) is 2.04. The minimum Gasteiger partial charge on any atom is -0.362 e. The van der Waals surface area contributed by atoms with Crippen LogP contribution in [-0.4, -0.2) is 23.5 Å². The highest BCUT2D eigenvalue weighted by Gasteiger charge is 2.28. The Kier molecular flexibility index (Phi) is 5.08. The SMILES string of the molecule is CC(C)(C)C1CCSC(=NCCc2ccc(F)cc2)N1. The molecule has 0 radical (unpaired) electrons. The molecule has 0 spiro atoms. The predicted octanol–water partition coefficient (Wildman–Crippen LogP) is 3.87. The molecular formula is C16H23FN2S. The normalized spacial score (nSPS) is 21.8. The summed E-state index contributed by atoms with van der Waals surface area (Å²) in [4.78, 5) is 4.64. The van der Waals surface area contributed by atoms with Gasteiger partial charge in [0.2, 0.25) is 0 Å². The number of amidine groups is 1. The van der Waals surface area contributed by atoms with Crippen LogP contribution in [-0.2, 0) is 6.42 Å². The Morgan fingerprint density at radius 2 is 2.00 bits per heavy atom. The molecule has 2 rings (SSSR count). The van der Waals surface area contributed by atoms with Crippen molar-refractivity contribution in [3.63, 3.8) is 0 Å². The zero-order valence-electron chi connectivity index (χ0n) is 12.4. The van der Waals surface area contributed by atoms with Crippen LogP contribution in [0, 0.1) is 11.2 Å². The second kappa shape index (κ2) is 6.61. The summed E-state index contributed by atoms with van der Waals surface area (Å²) in [5, 5.41) is 4.60. The average molecular weight is 294 g/mol. The molecule has 0 bridgehead atoms. The van der Waals surface area contributed by atoms with Crippen LogP contribution in [0.15, 0.2) is 29.3 Å². The van der Waals surface area contributed by atoms with Gasteiger partial charge in [0.1, 0.15) is 5.82 Å². The molecule has 0 aromatic heterocycles. The number of nitrogens with one attached hydrogen (secondary N) is 1. The lowest BCUT2D eigenvalue weighted by Crippen LogP contribution is -2.46. The van der Waals surface area contributed by atoms with Crippen molar-refractivity contribution < 1.29 is 4.39 Å². The second-order valence-electron chi connectivity index (χ2n) is 6.26. The van der Waals surface area contributed by atoms with E-state index in [1.54, 1.807) is 11.8 Å². The van der Waals surface area contributed by atoms with E-state index in [0.717, 1.165) is 29.4 Å². The van der Waals surface area contributed by atoms with Gasteiger partial charge < -0.3 is 5.32 Å². The predicted molar refractivity (Wildman–Crippen MR) is 85.9 cm³/mol. The summed E-state index contributed by atoms with van der Waals surface area (Å²) in [7, 11) is 0. The molecule has 0 amide bonds. The molecule has 0 aliphatic carbocycles. The minimum atomic E-state index is -0.183. The molecule has 20 heavy (non-hydrogen) atoms. The van der Waals surface area contributed by atoms with E-state index < -0.39 is 0 Å². The number of halogens is 1. The molecule has 1 aliphatic heterocycles. The van der Waals surface area contributed by atoms with E-state index in [-0.39, 0.29) is 11.2 Å². The first kappa shape index (κ1) is 15.4. The molecule has 1 aromatic rings. The first-order chi connectivity index (χ1) is 9.45. The second-order valence-corrected chi connectivity index (χ2v) is 7.35. The number of hydrogen-bond acceptors (Lipinski definition) is 2. The molecule has 2 nitrogen and oxygen atoms in total. The fourth-order valence-electron chi connectivity index (χ4n) is 2.21. The molecule has 1 heterocycles. The smallest absolute Gasteiger partial charge is 0.156 e. The van der Waals surface area contributed by atoms with E-state index in [0.29, 0.717) is 6.04 Å². The third kappa shape index (κ3) is 4.51. The molecule has 0 saturated carbocycles. The van der Waals surface area contributed by atoms with Crippen molar-refractivity contribution in [2.45, 2.75) is 39.7 Å². The summed E-state index contributed by atoms with van der Waals surface area (Å²) < 4.78 is 12.8. The van der Waals surface area contributed by atoms with Crippen LogP contribution in [0.2, 0.25) is 0 Å². The summed E-state index contributed by atoms with van der Waals surface area (Å²) in [6, 6.07) is 7.16. The van der Waals surface area contributed by atoms with Crippen molar-refractivity contribution in [1.29, 1.82) is 0 Å². The van der Waals surface area contributed by atoms with Crippen molar-refractivity contribution in [3.8, 4) is 0 Å². The van der Waals surface area contributed by atoms with Crippen LogP contribution in [0.25, 0.3) is 0 Å². The molecule has 1 fully saturated rings. The molecule has 1 atom stereocenters. The number of benzene rings is 1. The van der Waals surface area contributed by atoms with E-state index in [4.69, 9.17) is 0 Å². The highest BCUT2D eigenvalue weighted by molar-refractivity contribution is 8.13. The first-order valence-electron chi connectivity index (χ1n) is 7.13. The van der Waals surface area contributed by atoms with Crippen molar-refractivity contribution in [2.75, 3.05) is 12.3 Å².